The van der Waals surface area contributed by atoms with Crippen LogP contribution in [0.5, 0.6) is 0 Å². The average Bonchev–Trinajstić information content (AvgIpc) is 2.27. The Morgan fingerprint density at radius 3 is 1.57 bits per heavy atom. The highest BCUT2D eigenvalue weighted by atomic mass is 14.5. The van der Waals surface area contributed by atoms with E-state index in [2.05, 4.69) is 48.5 Å². The van der Waals surface area contributed by atoms with E-state index in [0.29, 0.717) is 10.8 Å². The van der Waals surface area contributed by atoms with E-state index in [1.54, 1.807) is 0 Å². The third-order valence-corrected chi connectivity index (χ3v) is 4.09. The van der Waals surface area contributed by atoms with Gasteiger partial charge in [0.15, 0.2) is 0 Å². The van der Waals surface area contributed by atoms with Crippen molar-refractivity contribution >= 4 is 0 Å². The molecule has 0 heterocycles. The molecule has 0 N–H and O–H groups in total. The lowest BCUT2D eigenvalue weighted by atomic mass is 9.64. The number of rotatable bonds is 0. The summed E-state index contributed by atoms with van der Waals surface area (Å²) in [5.74, 6) is 2.74. The molecule has 0 amide bonds. The van der Waals surface area contributed by atoms with Gasteiger partial charge in [-0.3, -0.25) is 0 Å². The van der Waals surface area contributed by atoms with Crippen molar-refractivity contribution in [1.82, 2.24) is 0 Å². The molecular formula is C14H28. The van der Waals surface area contributed by atoms with E-state index in [1.165, 1.54) is 12.8 Å². The zero-order valence-corrected chi connectivity index (χ0v) is 11.1. The highest BCUT2D eigenvalue weighted by molar-refractivity contribution is 4.94. The Labute approximate surface area is 90.5 Å². The highest BCUT2D eigenvalue weighted by Gasteiger charge is 2.45. The van der Waals surface area contributed by atoms with Crippen LogP contribution >= 0.6 is 0 Å². The van der Waals surface area contributed by atoms with E-state index in [-0.39, 0.29) is 0 Å². The summed E-state index contributed by atoms with van der Waals surface area (Å²) >= 11 is 0. The topological polar surface area (TPSA) is 0 Å². The smallest absolute Gasteiger partial charge is 0.0306 e. The molecule has 0 radical (unpaired) electrons. The van der Waals surface area contributed by atoms with Gasteiger partial charge in [-0.25, -0.2) is 0 Å². The Bertz CT molecular complexity index is 189. The van der Waals surface area contributed by atoms with Crippen LogP contribution in [0.4, 0.5) is 0 Å². The number of hydrogen-bond acceptors (Lipinski definition) is 0. The molecule has 3 atom stereocenters. The molecule has 14 heavy (non-hydrogen) atoms. The largest absolute Gasteiger partial charge is 0.0622 e. The van der Waals surface area contributed by atoms with Gasteiger partial charge in [-0.05, 0) is 35.0 Å². The van der Waals surface area contributed by atoms with Gasteiger partial charge in [0.25, 0.3) is 0 Å². The Balaban J connectivity index is 2.88. The molecule has 84 valence electrons. The van der Waals surface area contributed by atoms with Crippen molar-refractivity contribution in [1.29, 1.82) is 0 Å². The SMILES string of the molecule is CC1CCC(C(C)(C)C)C1C(C)(C)C. The highest BCUT2D eigenvalue weighted by Crippen LogP contribution is 2.53. The molecule has 0 aromatic carbocycles. The predicted molar refractivity (Wildman–Crippen MR) is 64.3 cm³/mol. The second-order valence-corrected chi connectivity index (χ2v) is 7.42. The minimum atomic E-state index is 0.480. The molecule has 1 aliphatic carbocycles. The van der Waals surface area contributed by atoms with E-state index >= 15 is 0 Å². The van der Waals surface area contributed by atoms with E-state index in [1.807, 2.05) is 0 Å². The molecule has 3 unspecified atom stereocenters. The molecule has 0 nitrogen and oxygen atoms in total. The van der Waals surface area contributed by atoms with Gasteiger partial charge in [-0.1, -0.05) is 54.9 Å². The van der Waals surface area contributed by atoms with Crippen molar-refractivity contribution in [3.63, 3.8) is 0 Å². The van der Waals surface area contributed by atoms with E-state index in [4.69, 9.17) is 0 Å². The minimum absolute atomic E-state index is 0.480. The summed E-state index contributed by atoms with van der Waals surface area (Å²) in [5.41, 5.74) is 0.969. The third kappa shape index (κ3) is 2.32. The molecule has 0 aromatic heterocycles. The maximum atomic E-state index is 2.45. The van der Waals surface area contributed by atoms with Crippen LogP contribution in [0.1, 0.15) is 61.3 Å². The fourth-order valence-electron chi connectivity index (χ4n) is 3.63. The summed E-state index contributed by atoms with van der Waals surface area (Å²) < 4.78 is 0. The standard InChI is InChI=1S/C14H28/c1-10-8-9-11(13(2,3)4)12(10)14(5,6)7/h10-12H,8-9H2,1-7H3. The van der Waals surface area contributed by atoms with Crippen LogP contribution in [0.2, 0.25) is 0 Å². The van der Waals surface area contributed by atoms with Gasteiger partial charge in [0.05, 0.1) is 0 Å². The Hall–Kier alpha value is 0. The van der Waals surface area contributed by atoms with Gasteiger partial charge in [-0.2, -0.15) is 0 Å². The summed E-state index contributed by atoms with van der Waals surface area (Å²) in [6.45, 7) is 16.9. The molecule has 0 saturated heterocycles. The molecule has 0 spiro atoms. The first-order chi connectivity index (χ1) is 6.14. The van der Waals surface area contributed by atoms with Crippen LogP contribution in [-0.4, -0.2) is 0 Å². The fraction of sp³-hybridized carbons (Fsp3) is 1.00. The first-order valence-electron chi connectivity index (χ1n) is 6.14. The van der Waals surface area contributed by atoms with Gasteiger partial charge < -0.3 is 0 Å². The second-order valence-electron chi connectivity index (χ2n) is 7.42. The van der Waals surface area contributed by atoms with Crippen LogP contribution in [0.3, 0.4) is 0 Å². The summed E-state index contributed by atoms with van der Waals surface area (Å²) in [7, 11) is 0. The normalized spacial score (nSPS) is 34.9. The lowest BCUT2D eigenvalue weighted by molar-refractivity contribution is 0.0751. The monoisotopic (exact) mass is 196 g/mol. The van der Waals surface area contributed by atoms with Crippen LogP contribution in [0.25, 0.3) is 0 Å². The fourth-order valence-corrected chi connectivity index (χ4v) is 3.63. The van der Waals surface area contributed by atoms with Crippen molar-refractivity contribution in [3.05, 3.63) is 0 Å². The van der Waals surface area contributed by atoms with Gasteiger partial charge in [0, 0.05) is 0 Å². The zero-order valence-electron chi connectivity index (χ0n) is 11.1. The molecule has 0 aromatic rings. The quantitative estimate of drug-likeness (QED) is 0.525. The van der Waals surface area contributed by atoms with Gasteiger partial charge in [0.2, 0.25) is 0 Å². The molecule has 0 bridgehead atoms. The lowest BCUT2D eigenvalue weighted by Crippen LogP contribution is -2.34. The maximum Gasteiger partial charge on any atom is -0.0306 e. The van der Waals surface area contributed by atoms with Crippen molar-refractivity contribution in [3.8, 4) is 0 Å². The molecule has 0 heteroatoms. The Morgan fingerprint density at radius 1 is 0.786 bits per heavy atom. The third-order valence-electron chi connectivity index (χ3n) is 4.09. The first-order valence-corrected chi connectivity index (χ1v) is 6.14. The van der Waals surface area contributed by atoms with Crippen LogP contribution < -0.4 is 0 Å². The Morgan fingerprint density at radius 2 is 1.29 bits per heavy atom. The summed E-state index contributed by atoms with van der Waals surface area (Å²) in [6, 6.07) is 0. The van der Waals surface area contributed by atoms with Crippen molar-refractivity contribution in [2.75, 3.05) is 0 Å². The van der Waals surface area contributed by atoms with E-state index in [0.717, 1.165) is 17.8 Å². The van der Waals surface area contributed by atoms with Crippen molar-refractivity contribution in [2.24, 2.45) is 28.6 Å². The summed E-state index contributed by atoms with van der Waals surface area (Å²) in [4.78, 5) is 0. The summed E-state index contributed by atoms with van der Waals surface area (Å²) in [5, 5.41) is 0. The molecule has 1 rings (SSSR count). The average molecular weight is 196 g/mol. The minimum Gasteiger partial charge on any atom is -0.0622 e. The van der Waals surface area contributed by atoms with Gasteiger partial charge >= 0.3 is 0 Å². The Kier molecular flexibility index (Phi) is 3.05. The zero-order chi connectivity index (χ0) is 11.1. The lowest BCUT2D eigenvalue weighted by Gasteiger charge is -2.41. The summed E-state index contributed by atoms with van der Waals surface area (Å²) in [6.07, 6.45) is 2.87. The van der Waals surface area contributed by atoms with Crippen molar-refractivity contribution in [2.45, 2.75) is 61.3 Å². The predicted octanol–water partition coefficient (Wildman–Crippen LogP) is 4.74. The molecular weight excluding hydrogens is 168 g/mol. The van der Waals surface area contributed by atoms with Gasteiger partial charge in [0.1, 0.15) is 0 Å². The molecule has 1 fully saturated rings. The van der Waals surface area contributed by atoms with E-state index < -0.39 is 0 Å². The maximum absolute atomic E-state index is 2.45. The van der Waals surface area contributed by atoms with Crippen molar-refractivity contribution < 1.29 is 0 Å². The number of hydrogen-bond donors (Lipinski definition) is 0. The molecule has 1 saturated carbocycles. The molecule has 0 aliphatic heterocycles. The van der Waals surface area contributed by atoms with Crippen LogP contribution in [0.15, 0.2) is 0 Å². The second kappa shape index (κ2) is 3.54. The van der Waals surface area contributed by atoms with E-state index in [9.17, 15) is 0 Å². The van der Waals surface area contributed by atoms with Gasteiger partial charge in [-0.15, -0.1) is 0 Å². The first kappa shape index (κ1) is 12.1. The van der Waals surface area contributed by atoms with Crippen LogP contribution in [0, 0.1) is 28.6 Å². The van der Waals surface area contributed by atoms with Crippen LogP contribution in [-0.2, 0) is 0 Å². The molecule has 1 aliphatic rings.